The van der Waals surface area contributed by atoms with Crippen LogP contribution in [0.2, 0.25) is 0 Å². The first-order valence-electron chi connectivity index (χ1n) is 5.58. The molecule has 0 fully saturated rings. The lowest BCUT2D eigenvalue weighted by atomic mass is 10.1. The van der Waals surface area contributed by atoms with E-state index >= 15 is 0 Å². The molecule has 4 nitrogen and oxygen atoms in total. The maximum atomic E-state index is 12.7. The molecule has 0 bridgehead atoms. The van der Waals surface area contributed by atoms with Crippen LogP contribution in [0, 0.1) is 0 Å². The third kappa shape index (κ3) is 2.50. The first kappa shape index (κ1) is 15.4. The van der Waals surface area contributed by atoms with E-state index in [1.54, 1.807) is 0 Å². The number of rotatable bonds is 2. The molecule has 10 heteroatoms. The SMILES string of the molecule is NCc1ccc(C2=NOC(C(F)(F)F)(C(F)(F)F)N2)cc1. The molecule has 1 aliphatic rings. The zero-order chi connectivity index (χ0) is 15.9. The Morgan fingerprint density at radius 2 is 1.57 bits per heavy atom. The van der Waals surface area contributed by atoms with Gasteiger partial charge >= 0.3 is 18.1 Å². The van der Waals surface area contributed by atoms with Crippen molar-refractivity contribution in [1.82, 2.24) is 5.32 Å². The van der Waals surface area contributed by atoms with E-state index in [9.17, 15) is 26.3 Å². The topological polar surface area (TPSA) is 59.6 Å². The van der Waals surface area contributed by atoms with E-state index in [1.165, 1.54) is 29.6 Å². The van der Waals surface area contributed by atoms with Crippen LogP contribution in [0.1, 0.15) is 11.1 Å². The number of nitrogens with two attached hydrogens (primary N) is 1. The van der Waals surface area contributed by atoms with Gasteiger partial charge < -0.3 is 15.9 Å². The average molecular weight is 313 g/mol. The van der Waals surface area contributed by atoms with Crippen molar-refractivity contribution in [2.75, 3.05) is 0 Å². The molecule has 1 aromatic carbocycles. The molecule has 0 saturated heterocycles. The number of nitrogens with zero attached hydrogens (tertiary/aromatic N) is 1. The van der Waals surface area contributed by atoms with E-state index in [0.29, 0.717) is 5.56 Å². The first-order valence-corrected chi connectivity index (χ1v) is 5.58. The lowest BCUT2D eigenvalue weighted by Gasteiger charge is -2.30. The minimum absolute atomic E-state index is 0.0163. The van der Waals surface area contributed by atoms with E-state index in [1.807, 2.05) is 0 Å². The van der Waals surface area contributed by atoms with E-state index < -0.39 is 23.9 Å². The number of amidine groups is 1. The Morgan fingerprint density at radius 1 is 1.05 bits per heavy atom. The Morgan fingerprint density at radius 3 is 1.95 bits per heavy atom. The van der Waals surface area contributed by atoms with Gasteiger partial charge in [0, 0.05) is 12.1 Å². The number of hydrogen-bond donors (Lipinski definition) is 2. The summed E-state index contributed by atoms with van der Waals surface area (Å²) < 4.78 is 76.3. The second-order valence-corrected chi connectivity index (χ2v) is 4.23. The summed E-state index contributed by atoms with van der Waals surface area (Å²) in [6, 6.07) is 5.50. The highest BCUT2D eigenvalue weighted by Crippen LogP contribution is 2.46. The Hall–Kier alpha value is -1.97. The standard InChI is InChI=1S/C11H9F6N3O/c12-10(13,14)9(11(15,16)17)19-8(20-21-9)7-3-1-6(5-18)2-4-7/h1-4H,5,18H2,(H,19,20). The number of alkyl halides is 6. The van der Waals surface area contributed by atoms with Crippen molar-refractivity contribution in [2.24, 2.45) is 10.9 Å². The smallest absolute Gasteiger partial charge is 0.345 e. The van der Waals surface area contributed by atoms with E-state index in [0.717, 1.165) is 0 Å². The maximum Gasteiger partial charge on any atom is 0.461 e. The second-order valence-electron chi connectivity index (χ2n) is 4.23. The van der Waals surface area contributed by atoms with Crippen LogP contribution < -0.4 is 11.1 Å². The highest BCUT2D eigenvalue weighted by Gasteiger charge is 2.77. The molecule has 0 amide bonds. The fourth-order valence-corrected chi connectivity index (χ4v) is 1.66. The normalized spacial score (nSPS) is 18.0. The summed E-state index contributed by atoms with van der Waals surface area (Å²) in [4.78, 5) is 3.70. The number of oxime groups is 1. The molecule has 0 saturated carbocycles. The van der Waals surface area contributed by atoms with Gasteiger partial charge in [-0.25, -0.2) is 0 Å². The second kappa shape index (κ2) is 4.79. The molecular weight excluding hydrogens is 304 g/mol. The fourth-order valence-electron chi connectivity index (χ4n) is 1.66. The van der Waals surface area contributed by atoms with Gasteiger partial charge in [-0.2, -0.15) is 26.3 Å². The molecule has 0 radical (unpaired) electrons. The van der Waals surface area contributed by atoms with E-state index in [-0.39, 0.29) is 12.1 Å². The highest BCUT2D eigenvalue weighted by molar-refractivity contribution is 5.99. The molecule has 0 aromatic heterocycles. The summed E-state index contributed by atoms with van der Waals surface area (Å²) in [5.74, 6) is -0.659. The van der Waals surface area contributed by atoms with Crippen LogP contribution in [0.15, 0.2) is 29.4 Å². The molecular formula is C11H9F6N3O. The number of benzene rings is 1. The molecule has 116 valence electrons. The van der Waals surface area contributed by atoms with Crippen LogP contribution in [-0.4, -0.2) is 23.9 Å². The van der Waals surface area contributed by atoms with Gasteiger partial charge in [-0.05, 0) is 5.56 Å². The lowest BCUT2D eigenvalue weighted by molar-refractivity contribution is -0.381. The summed E-state index contributed by atoms with van der Waals surface area (Å²) >= 11 is 0. The number of nitrogens with one attached hydrogen (secondary N) is 1. The summed E-state index contributed by atoms with van der Waals surface area (Å²) in [6.07, 6.45) is -11.5. The molecule has 2 rings (SSSR count). The predicted octanol–water partition coefficient (Wildman–Crippen LogP) is 2.25. The molecule has 0 atom stereocenters. The largest absolute Gasteiger partial charge is 0.461 e. The van der Waals surface area contributed by atoms with Crippen LogP contribution in [0.4, 0.5) is 26.3 Å². The quantitative estimate of drug-likeness (QED) is 0.823. The number of hydrogen-bond acceptors (Lipinski definition) is 4. The van der Waals surface area contributed by atoms with Gasteiger partial charge in [-0.15, -0.1) is 0 Å². The third-order valence-corrected chi connectivity index (χ3v) is 2.83. The minimum atomic E-state index is -5.73. The van der Waals surface area contributed by atoms with Gasteiger partial charge in [0.15, 0.2) is 5.84 Å². The van der Waals surface area contributed by atoms with Crippen LogP contribution in [0.5, 0.6) is 0 Å². The summed E-state index contributed by atoms with van der Waals surface area (Å²) in [5, 5.41) is 4.17. The summed E-state index contributed by atoms with van der Waals surface area (Å²) in [7, 11) is 0. The van der Waals surface area contributed by atoms with Gasteiger partial charge in [0.1, 0.15) is 0 Å². The van der Waals surface area contributed by atoms with E-state index in [4.69, 9.17) is 5.73 Å². The highest BCUT2D eigenvalue weighted by atomic mass is 19.4. The van der Waals surface area contributed by atoms with Crippen molar-refractivity contribution in [3.05, 3.63) is 35.4 Å². The zero-order valence-corrected chi connectivity index (χ0v) is 10.2. The van der Waals surface area contributed by atoms with Crippen LogP contribution in [-0.2, 0) is 11.4 Å². The minimum Gasteiger partial charge on any atom is -0.345 e. The Bertz CT molecular complexity index is 535. The van der Waals surface area contributed by atoms with Gasteiger partial charge in [-0.1, -0.05) is 29.4 Å². The molecule has 1 aromatic rings. The molecule has 0 aliphatic carbocycles. The molecule has 3 N–H and O–H groups in total. The zero-order valence-electron chi connectivity index (χ0n) is 10.2. The molecule has 0 spiro atoms. The van der Waals surface area contributed by atoms with Crippen molar-refractivity contribution in [2.45, 2.75) is 24.6 Å². The molecule has 0 unspecified atom stereocenters. The number of halogens is 6. The first-order chi connectivity index (χ1) is 9.61. The summed E-state index contributed by atoms with van der Waals surface area (Å²) in [5.41, 5.74) is 1.48. The van der Waals surface area contributed by atoms with Crippen molar-refractivity contribution in [1.29, 1.82) is 0 Å². The van der Waals surface area contributed by atoms with Gasteiger partial charge in [0.25, 0.3) is 0 Å². The maximum absolute atomic E-state index is 12.7. The predicted molar refractivity (Wildman–Crippen MR) is 59.9 cm³/mol. The Balaban J connectivity index is 2.31. The summed E-state index contributed by atoms with van der Waals surface area (Å²) in [6.45, 7) is 0.186. The average Bonchev–Trinajstić information content (AvgIpc) is 2.84. The third-order valence-electron chi connectivity index (χ3n) is 2.83. The van der Waals surface area contributed by atoms with Crippen molar-refractivity contribution in [3.8, 4) is 0 Å². The Labute approximate surface area is 114 Å². The van der Waals surface area contributed by atoms with E-state index in [2.05, 4.69) is 9.99 Å². The van der Waals surface area contributed by atoms with Gasteiger partial charge in [0.05, 0.1) is 0 Å². The molecule has 1 heterocycles. The van der Waals surface area contributed by atoms with Crippen molar-refractivity contribution < 1.29 is 31.2 Å². The van der Waals surface area contributed by atoms with Crippen LogP contribution in [0.25, 0.3) is 0 Å². The van der Waals surface area contributed by atoms with Gasteiger partial charge in [-0.3, -0.25) is 0 Å². The van der Waals surface area contributed by atoms with Crippen molar-refractivity contribution >= 4 is 5.84 Å². The molecule has 21 heavy (non-hydrogen) atoms. The van der Waals surface area contributed by atoms with Crippen molar-refractivity contribution in [3.63, 3.8) is 0 Å². The fraction of sp³-hybridized carbons (Fsp3) is 0.364. The van der Waals surface area contributed by atoms with Crippen LogP contribution in [0.3, 0.4) is 0 Å². The van der Waals surface area contributed by atoms with Gasteiger partial charge in [0.2, 0.25) is 0 Å². The molecule has 1 aliphatic heterocycles. The Kier molecular flexibility index (Phi) is 3.52. The lowest BCUT2D eigenvalue weighted by Crippen LogP contribution is -2.65. The monoisotopic (exact) mass is 313 g/mol. The van der Waals surface area contributed by atoms with Crippen LogP contribution >= 0.6 is 0 Å².